The van der Waals surface area contributed by atoms with Crippen LogP contribution in [0.25, 0.3) is 0 Å². The third-order valence-electron chi connectivity index (χ3n) is 5.89. The summed E-state index contributed by atoms with van der Waals surface area (Å²) in [5.41, 5.74) is 6.23. The number of hydrogen-bond acceptors (Lipinski definition) is 5. The van der Waals surface area contributed by atoms with E-state index in [1.165, 1.54) is 30.5 Å². The largest absolute Gasteiger partial charge is 0.495 e. The van der Waals surface area contributed by atoms with Crippen molar-refractivity contribution in [2.45, 2.75) is 39.3 Å². The minimum Gasteiger partial charge on any atom is -0.495 e. The van der Waals surface area contributed by atoms with Gasteiger partial charge in [-0.2, -0.15) is 0 Å². The van der Waals surface area contributed by atoms with Crippen molar-refractivity contribution >= 4 is 23.2 Å². The van der Waals surface area contributed by atoms with E-state index in [4.69, 9.17) is 9.47 Å². The summed E-state index contributed by atoms with van der Waals surface area (Å²) >= 11 is 0. The van der Waals surface area contributed by atoms with E-state index in [1.807, 2.05) is 12.1 Å². The molecule has 2 N–H and O–H groups in total. The van der Waals surface area contributed by atoms with E-state index in [9.17, 15) is 9.59 Å². The Morgan fingerprint density at radius 2 is 1.73 bits per heavy atom. The number of nitrogens with one attached hydrogen (secondary N) is 2. The van der Waals surface area contributed by atoms with E-state index in [0.717, 1.165) is 37.2 Å². The van der Waals surface area contributed by atoms with Crippen LogP contribution >= 0.6 is 0 Å². The first-order valence-corrected chi connectivity index (χ1v) is 10.1. The molecule has 2 aromatic carbocycles. The zero-order valence-electron chi connectivity index (χ0n) is 17.8. The van der Waals surface area contributed by atoms with Crippen LogP contribution in [-0.2, 0) is 29.0 Å². The van der Waals surface area contributed by atoms with Crippen LogP contribution in [-0.4, -0.2) is 37.5 Å². The van der Waals surface area contributed by atoms with Gasteiger partial charge in [0, 0.05) is 38.5 Å². The van der Waals surface area contributed by atoms with Crippen molar-refractivity contribution in [2.24, 2.45) is 0 Å². The number of methoxy groups -OCH3 is 2. The molecular weight excluding hydrogens is 382 g/mol. The highest BCUT2D eigenvalue weighted by molar-refractivity contribution is 5.91. The van der Waals surface area contributed by atoms with Gasteiger partial charge in [-0.25, -0.2) is 0 Å². The van der Waals surface area contributed by atoms with Crippen molar-refractivity contribution in [3.63, 3.8) is 0 Å². The fourth-order valence-electron chi connectivity index (χ4n) is 4.63. The number of anilines is 2. The molecule has 0 fully saturated rings. The van der Waals surface area contributed by atoms with Crippen molar-refractivity contribution in [1.82, 2.24) is 4.90 Å². The highest BCUT2D eigenvalue weighted by atomic mass is 16.5. The number of benzene rings is 2. The molecule has 2 amide bonds. The molecule has 2 aliphatic rings. The molecule has 2 aliphatic heterocycles. The van der Waals surface area contributed by atoms with Crippen molar-refractivity contribution in [3.05, 3.63) is 46.5 Å². The monoisotopic (exact) mass is 409 g/mol. The molecule has 4 rings (SSSR count). The maximum Gasteiger partial charge on any atom is 0.221 e. The second kappa shape index (κ2) is 7.99. The number of ether oxygens (including phenoxy) is 2. The van der Waals surface area contributed by atoms with E-state index in [0.29, 0.717) is 17.1 Å². The van der Waals surface area contributed by atoms with Crippen LogP contribution in [0.4, 0.5) is 11.4 Å². The van der Waals surface area contributed by atoms with Gasteiger partial charge in [-0.15, -0.1) is 0 Å². The predicted octanol–water partition coefficient (Wildman–Crippen LogP) is 3.28. The fraction of sp³-hybridized carbons (Fsp3) is 0.391. The van der Waals surface area contributed by atoms with Crippen LogP contribution in [0.3, 0.4) is 0 Å². The number of hydrogen-bond donors (Lipinski definition) is 2. The molecule has 0 radical (unpaired) electrons. The highest BCUT2D eigenvalue weighted by Crippen LogP contribution is 2.45. The molecule has 0 saturated carbocycles. The molecule has 2 heterocycles. The van der Waals surface area contributed by atoms with Crippen molar-refractivity contribution in [1.29, 1.82) is 0 Å². The molecule has 7 nitrogen and oxygen atoms in total. The summed E-state index contributed by atoms with van der Waals surface area (Å²) in [4.78, 5) is 25.7. The average Bonchev–Trinajstić information content (AvgIpc) is 2.71. The van der Waals surface area contributed by atoms with E-state index < -0.39 is 0 Å². The van der Waals surface area contributed by atoms with Crippen LogP contribution in [0, 0.1) is 0 Å². The highest BCUT2D eigenvalue weighted by Gasteiger charge is 2.34. The molecule has 0 aromatic heterocycles. The molecular formula is C23H27N3O4. The quantitative estimate of drug-likeness (QED) is 0.810. The fourth-order valence-corrected chi connectivity index (χ4v) is 4.63. The number of fused-ring (bicyclic) bond motifs is 4. The number of nitrogens with zero attached hydrogens (tertiary/aromatic N) is 1. The molecule has 0 spiro atoms. The van der Waals surface area contributed by atoms with E-state index in [1.54, 1.807) is 14.2 Å². The third kappa shape index (κ3) is 3.61. The van der Waals surface area contributed by atoms with Gasteiger partial charge >= 0.3 is 0 Å². The summed E-state index contributed by atoms with van der Waals surface area (Å²) in [5, 5.41) is 5.75. The standard InChI is InChI=1S/C23H27N3O4/c1-13(27)24-19-6-5-15-9-21-17-11-20(25-14(2)28)22(29-3)10-16(17)7-8-26(21)12-18(15)23(19)30-4/h5-6,10-11,21H,7-9,12H2,1-4H3,(H,24,27)(H,25,28). The summed E-state index contributed by atoms with van der Waals surface area (Å²) < 4.78 is 11.2. The third-order valence-corrected chi connectivity index (χ3v) is 5.89. The van der Waals surface area contributed by atoms with Gasteiger partial charge < -0.3 is 20.1 Å². The zero-order valence-corrected chi connectivity index (χ0v) is 17.8. The van der Waals surface area contributed by atoms with Crippen LogP contribution in [0.5, 0.6) is 11.5 Å². The smallest absolute Gasteiger partial charge is 0.221 e. The first kappa shape index (κ1) is 20.2. The average molecular weight is 409 g/mol. The lowest BCUT2D eigenvalue weighted by Gasteiger charge is -2.42. The Hall–Kier alpha value is -3.06. The van der Waals surface area contributed by atoms with Crippen LogP contribution < -0.4 is 20.1 Å². The molecule has 1 unspecified atom stereocenters. The van der Waals surface area contributed by atoms with Crippen LogP contribution in [0.2, 0.25) is 0 Å². The normalized spacial score (nSPS) is 17.3. The topological polar surface area (TPSA) is 79.9 Å². The summed E-state index contributed by atoms with van der Waals surface area (Å²) in [6.07, 6.45) is 1.75. The number of carbonyl (C=O) groups excluding carboxylic acids is 2. The minimum atomic E-state index is -0.120. The van der Waals surface area contributed by atoms with Crippen LogP contribution in [0.15, 0.2) is 24.3 Å². The number of amides is 2. The van der Waals surface area contributed by atoms with Gasteiger partial charge in [-0.3, -0.25) is 14.5 Å². The second-order valence-electron chi connectivity index (χ2n) is 7.84. The Morgan fingerprint density at radius 3 is 2.40 bits per heavy atom. The second-order valence-corrected chi connectivity index (χ2v) is 7.84. The Kier molecular flexibility index (Phi) is 5.39. The Morgan fingerprint density at radius 1 is 1.00 bits per heavy atom. The molecule has 7 heteroatoms. The van der Waals surface area contributed by atoms with Gasteiger partial charge in [0.2, 0.25) is 11.8 Å². The maximum absolute atomic E-state index is 11.7. The van der Waals surface area contributed by atoms with Crippen LogP contribution in [0.1, 0.15) is 42.1 Å². The van der Waals surface area contributed by atoms with Gasteiger partial charge in [-0.1, -0.05) is 6.07 Å². The first-order valence-electron chi connectivity index (χ1n) is 10.1. The summed E-state index contributed by atoms with van der Waals surface area (Å²) in [5.74, 6) is 1.19. The lowest BCUT2D eigenvalue weighted by molar-refractivity contribution is -0.115. The van der Waals surface area contributed by atoms with Gasteiger partial charge in [0.15, 0.2) is 0 Å². The van der Waals surface area contributed by atoms with Gasteiger partial charge in [0.25, 0.3) is 0 Å². The van der Waals surface area contributed by atoms with E-state index >= 15 is 0 Å². The molecule has 2 aromatic rings. The molecule has 30 heavy (non-hydrogen) atoms. The first-order chi connectivity index (χ1) is 14.4. The van der Waals surface area contributed by atoms with E-state index in [-0.39, 0.29) is 17.9 Å². The Balaban J connectivity index is 1.73. The summed E-state index contributed by atoms with van der Waals surface area (Å²) in [6.45, 7) is 4.67. The molecule has 0 aliphatic carbocycles. The summed E-state index contributed by atoms with van der Waals surface area (Å²) in [6, 6.07) is 8.31. The molecule has 0 bridgehead atoms. The lowest BCUT2D eigenvalue weighted by Crippen LogP contribution is -2.39. The van der Waals surface area contributed by atoms with Crippen molar-refractivity contribution in [2.75, 3.05) is 31.4 Å². The summed E-state index contributed by atoms with van der Waals surface area (Å²) in [7, 11) is 3.27. The lowest BCUT2D eigenvalue weighted by atomic mass is 9.83. The maximum atomic E-state index is 11.7. The SMILES string of the molecule is COc1cc2c(cc1NC(C)=O)C1Cc3ccc(NC(C)=O)c(OC)c3CN1CC2. The van der Waals surface area contributed by atoms with Crippen molar-refractivity contribution < 1.29 is 19.1 Å². The van der Waals surface area contributed by atoms with Crippen molar-refractivity contribution in [3.8, 4) is 11.5 Å². The van der Waals surface area contributed by atoms with Gasteiger partial charge in [-0.05, 0) is 47.7 Å². The predicted molar refractivity (Wildman–Crippen MR) is 115 cm³/mol. The number of rotatable bonds is 4. The Bertz CT molecular complexity index is 1020. The Labute approximate surface area is 176 Å². The molecule has 158 valence electrons. The number of carbonyl (C=O) groups is 2. The van der Waals surface area contributed by atoms with E-state index in [2.05, 4.69) is 27.7 Å². The molecule has 1 atom stereocenters. The van der Waals surface area contributed by atoms with Gasteiger partial charge in [0.05, 0.1) is 25.6 Å². The van der Waals surface area contributed by atoms with Gasteiger partial charge in [0.1, 0.15) is 11.5 Å². The molecule has 0 saturated heterocycles. The minimum absolute atomic E-state index is 0.117. The zero-order chi connectivity index (χ0) is 21.4.